The highest BCUT2D eigenvalue weighted by Crippen LogP contribution is 2.31. The van der Waals surface area contributed by atoms with Crippen LogP contribution in [-0.4, -0.2) is 43.7 Å². The number of nitrogens with zero attached hydrogens (tertiary/aromatic N) is 6. The predicted molar refractivity (Wildman–Crippen MR) is 111 cm³/mol. The molecule has 1 atom stereocenters. The number of likely N-dealkylation sites (N-methyl/N-ethyl adjacent to an activating group) is 1. The number of hydrogen-bond acceptors (Lipinski definition) is 6. The first-order chi connectivity index (χ1) is 16.3. The van der Waals surface area contributed by atoms with E-state index in [0.717, 1.165) is 11.6 Å². The topological polar surface area (TPSA) is 88.8 Å². The largest absolute Gasteiger partial charge is 0.433 e. The molecule has 0 saturated heterocycles. The molecular weight excluding hydrogens is 423 g/mol. The number of alkyl halides is 3. The molecule has 32 heavy (non-hydrogen) atoms. The van der Waals surface area contributed by atoms with Crippen molar-refractivity contribution in [3.05, 3.63) is 59.1 Å². The van der Waals surface area contributed by atoms with Crippen molar-refractivity contribution in [1.29, 1.82) is 0 Å². The maximum atomic E-state index is 12.7. The summed E-state index contributed by atoms with van der Waals surface area (Å²) in [5.74, 6) is 0.196. The number of anilines is 2. The van der Waals surface area contributed by atoms with Gasteiger partial charge >= 0.3 is 6.18 Å². The fourth-order valence-corrected chi connectivity index (χ4v) is 3.37. The molecule has 4 heterocycles. The Morgan fingerprint density at radius 3 is 2.69 bits per heavy atom. The number of hydrogen-bond donors (Lipinski definition) is 1. The van der Waals surface area contributed by atoms with Crippen LogP contribution in [0.4, 0.5) is 24.7 Å². The van der Waals surface area contributed by atoms with Crippen molar-refractivity contribution in [3.8, 4) is 0 Å². The highest BCUT2D eigenvalue weighted by atomic mass is 19.4. The van der Waals surface area contributed by atoms with Crippen LogP contribution in [0.3, 0.4) is 0 Å². The molecule has 0 bridgehead atoms. The summed E-state index contributed by atoms with van der Waals surface area (Å²) < 4.78 is 62.6. The summed E-state index contributed by atoms with van der Waals surface area (Å²) in [6.07, 6.45) is 1.09. The molecule has 1 amide bonds. The van der Waals surface area contributed by atoms with Gasteiger partial charge in [0.25, 0.3) is 0 Å². The number of fused-ring (bicyclic) bond motifs is 1. The highest BCUT2D eigenvalue weighted by molar-refractivity contribution is 6.02. The lowest BCUT2D eigenvalue weighted by Gasteiger charge is -2.32. The Balaban J connectivity index is 1.44. The molecule has 1 aliphatic heterocycles. The first-order valence-electron chi connectivity index (χ1n) is 11.3. The molecule has 168 valence electrons. The quantitative estimate of drug-likeness (QED) is 0.646. The summed E-state index contributed by atoms with van der Waals surface area (Å²) >= 11 is 0. The van der Waals surface area contributed by atoms with E-state index >= 15 is 0 Å². The van der Waals surface area contributed by atoms with E-state index in [1.165, 1.54) is 24.2 Å². The Bertz CT molecular complexity index is 1240. The summed E-state index contributed by atoms with van der Waals surface area (Å²) in [5.41, 5.74) is 1.42. The Hall–Kier alpha value is -3.50. The van der Waals surface area contributed by atoms with Gasteiger partial charge in [0.1, 0.15) is 23.2 Å². The van der Waals surface area contributed by atoms with Gasteiger partial charge in [-0.1, -0.05) is 6.07 Å². The Labute approximate surface area is 186 Å². The van der Waals surface area contributed by atoms with Crippen molar-refractivity contribution in [1.82, 2.24) is 24.7 Å². The minimum absolute atomic E-state index is 0.264. The summed E-state index contributed by atoms with van der Waals surface area (Å²) in [4.78, 5) is 26.1. The van der Waals surface area contributed by atoms with Crippen LogP contribution in [0.25, 0.3) is 0 Å². The third-order valence-corrected chi connectivity index (χ3v) is 5.12. The lowest BCUT2D eigenvalue weighted by atomic mass is 10.1. The molecular formula is C21H22F3N7O. The second kappa shape index (κ2) is 8.21. The predicted octanol–water partition coefficient (Wildman–Crippen LogP) is 3.01. The first-order valence-corrected chi connectivity index (χ1v) is 9.77. The van der Waals surface area contributed by atoms with Crippen LogP contribution in [0.15, 0.2) is 30.7 Å². The van der Waals surface area contributed by atoms with Gasteiger partial charge in [0.15, 0.2) is 5.82 Å². The normalized spacial score (nSPS) is 17.9. The fraction of sp³-hybridized carbons (Fsp3) is 0.381. The van der Waals surface area contributed by atoms with Crippen molar-refractivity contribution in [3.63, 3.8) is 0 Å². The van der Waals surface area contributed by atoms with Crippen LogP contribution in [0.2, 0.25) is 0 Å². The molecule has 0 unspecified atom stereocenters. The van der Waals surface area contributed by atoms with Crippen LogP contribution < -0.4 is 10.2 Å². The zero-order valence-electron chi connectivity index (χ0n) is 20.3. The number of rotatable bonds is 5. The number of aromatic nitrogens is 5. The van der Waals surface area contributed by atoms with Gasteiger partial charge in [0, 0.05) is 30.0 Å². The average Bonchev–Trinajstić information content (AvgIpc) is 3.19. The molecule has 0 aliphatic carbocycles. The molecule has 0 saturated carbocycles. The van der Waals surface area contributed by atoms with Gasteiger partial charge in [-0.05, 0) is 37.4 Å². The molecule has 11 heteroatoms. The number of carbonyl (C=O) groups is 1. The van der Waals surface area contributed by atoms with Crippen LogP contribution in [0.1, 0.15) is 39.3 Å². The number of nitrogens with one attached hydrogen (secondary N) is 1. The third kappa shape index (κ3) is 4.41. The summed E-state index contributed by atoms with van der Waals surface area (Å²) in [5, 5.41) is 6.86. The lowest BCUT2D eigenvalue weighted by Crippen LogP contribution is -2.45. The van der Waals surface area contributed by atoms with Crippen molar-refractivity contribution < 1.29 is 22.1 Å². The van der Waals surface area contributed by atoms with Crippen LogP contribution >= 0.6 is 0 Å². The molecule has 1 N–H and O–H groups in total. The van der Waals surface area contributed by atoms with E-state index in [9.17, 15) is 18.0 Å². The molecule has 3 aromatic rings. The number of halogens is 3. The molecule has 0 aromatic carbocycles. The van der Waals surface area contributed by atoms with E-state index in [-0.39, 0.29) is 6.54 Å². The number of carbonyl (C=O) groups excluding carboxylic acids is 1. The van der Waals surface area contributed by atoms with Gasteiger partial charge in [0.2, 0.25) is 5.91 Å². The smallest absolute Gasteiger partial charge is 0.346 e. The average molecular weight is 448 g/mol. The molecule has 0 radical (unpaired) electrons. The van der Waals surface area contributed by atoms with Crippen LogP contribution in [0.5, 0.6) is 0 Å². The second-order valence-electron chi connectivity index (χ2n) is 7.52. The Kier molecular flexibility index (Phi) is 4.65. The standard InChI is InChI=1S/C21H22F3N7O/c1-12-18-19(30(3)13(2)20(32)29-18)28-17(27-12)7-5-15-9-26-31(11-15)10-14-4-6-16(25-8-14)21(22,23)24/h4,6,8-9,11,13H,5,7,10H2,1-3H3,(H,29,32)/t13-/m0/s1/i2D3. The maximum Gasteiger partial charge on any atom is 0.433 e. The van der Waals surface area contributed by atoms with E-state index in [1.807, 2.05) is 0 Å². The minimum Gasteiger partial charge on any atom is -0.346 e. The van der Waals surface area contributed by atoms with E-state index in [0.29, 0.717) is 41.4 Å². The molecule has 4 rings (SSSR count). The second-order valence-corrected chi connectivity index (χ2v) is 7.52. The molecule has 8 nitrogen and oxygen atoms in total. The number of pyridine rings is 1. The van der Waals surface area contributed by atoms with Gasteiger partial charge < -0.3 is 10.2 Å². The fourth-order valence-electron chi connectivity index (χ4n) is 3.37. The van der Waals surface area contributed by atoms with Gasteiger partial charge in [-0.3, -0.25) is 14.5 Å². The van der Waals surface area contributed by atoms with Crippen molar-refractivity contribution in [2.75, 3.05) is 17.3 Å². The zero-order chi connectivity index (χ0) is 25.5. The summed E-state index contributed by atoms with van der Waals surface area (Å²) in [7, 11) is 1.52. The first kappa shape index (κ1) is 18.1. The minimum atomic E-state index is -4.48. The van der Waals surface area contributed by atoms with Crippen LogP contribution in [-0.2, 0) is 30.4 Å². The van der Waals surface area contributed by atoms with E-state index in [2.05, 4.69) is 25.4 Å². The van der Waals surface area contributed by atoms with E-state index in [1.54, 1.807) is 24.0 Å². The third-order valence-electron chi connectivity index (χ3n) is 5.12. The van der Waals surface area contributed by atoms with Crippen molar-refractivity contribution in [2.24, 2.45) is 0 Å². The van der Waals surface area contributed by atoms with Gasteiger partial charge in [-0.15, -0.1) is 0 Å². The van der Waals surface area contributed by atoms with E-state index in [4.69, 9.17) is 4.11 Å². The molecule has 3 aromatic heterocycles. The summed E-state index contributed by atoms with van der Waals surface area (Å²) in [6.45, 7) is -0.544. The molecule has 0 fully saturated rings. The number of amides is 1. The number of aryl methyl sites for hydroxylation is 3. The molecule has 0 spiro atoms. The monoisotopic (exact) mass is 448 g/mol. The van der Waals surface area contributed by atoms with Gasteiger partial charge in [-0.25, -0.2) is 9.97 Å². The Morgan fingerprint density at radius 2 is 2.00 bits per heavy atom. The van der Waals surface area contributed by atoms with Crippen LogP contribution in [0, 0.1) is 6.92 Å². The van der Waals surface area contributed by atoms with Crippen molar-refractivity contribution in [2.45, 2.75) is 45.4 Å². The summed E-state index contributed by atoms with van der Waals surface area (Å²) in [6, 6.07) is 0.948. The maximum absolute atomic E-state index is 12.7. The van der Waals surface area contributed by atoms with Gasteiger partial charge in [0.05, 0.1) is 18.4 Å². The lowest BCUT2D eigenvalue weighted by molar-refractivity contribution is -0.141. The van der Waals surface area contributed by atoms with Crippen molar-refractivity contribution >= 4 is 17.4 Å². The highest BCUT2D eigenvalue weighted by Gasteiger charge is 2.32. The van der Waals surface area contributed by atoms with Gasteiger partial charge in [-0.2, -0.15) is 18.3 Å². The van der Waals surface area contributed by atoms with E-state index < -0.39 is 30.7 Å². The zero-order valence-corrected chi connectivity index (χ0v) is 17.3. The SMILES string of the molecule is [2H]C([2H])([2H])[C@H]1C(=O)Nc2c(C)nc(CCc3cnn(Cc4ccc(C(F)(F)F)nc4)c3)nc2N1C. The Morgan fingerprint density at radius 1 is 1.19 bits per heavy atom. The molecule has 1 aliphatic rings.